The van der Waals surface area contributed by atoms with Crippen LogP contribution in [0.3, 0.4) is 0 Å². The fourth-order valence-electron chi connectivity index (χ4n) is 2.03. The normalized spacial score (nSPS) is 10.1. The molecule has 0 saturated heterocycles. The Morgan fingerprint density at radius 3 is 1.84 bits per heavy atom. The van der Waals surface area contributed by atoms with Gasteiger partial charge in [0.25, 0.3) is 0 Å². The van der Waals surface area contributed by atoms with Crippen LogP contribution >= 0.6 is 11.3 Å². The number of benzene rings is 2. The second-order valence-corrected chi connectivity index (χ2v) is 5.22. The summed E-state index contributed by atoms with van der Waals surface area (Å²) >= 11 is 1.76. The lowest BCUT2D eigenvalue weighted by molar-refractivity contribution is 1.59. The van der Waals surface area contributed by atoms with E-state index in [0.717, 1.165) is 5.56 Å². The van der Waals surface area contributed by atoms with E-state index < -0.39 is 0 Å². The molecule has 90 valence electrons. The highest BCUT2D eigenvalue weighted by Crippen LogP contribution is 2.27. The predicted molar refractivity (Wildman–Crippen MR) is 83.1 cm³/mol. The molecule has 0 spiro atoms. The fraction of sp³-hybridized carbons (Fsp3) is 0. The first kappa shape index (κ1) is 11.8. The first-order valence-corrected chi connectivity index (χ1v) is 6.96. The van der Waals surface area contributed by atoms with Gasteiger partial charge in [0.15, 0.2) is 0 Å². The lowest BCUT2D eigenvalue weighted by Crippen LogP contribution is -1.79. The maximum absolute atomic E-state index is 5.36. The van der Waals surface area contributed by atoms with Gasteiger partial charge in [-0.05, 0) is 40.3 Å². The summed E-state index contributed by atoms with van der Waals surface area (Å²) in [7, 11) is 0. The van der Waals surface area contributed by atoms with E-state index in [0.29, 0.717) is 0 Å². The molecule has 0 fully saturated rings. The van der Waals surface area contributed by atoms with Crippen molar-refractivity contribution in [3.63, 3.8) is 0 Å². The van der Waals surface area contributed by atoms with Crippen molar-refractivity contribution in [1.82, 2.24) is 0 Å². The van der Waals surface area contributed by atoms with Gasteiger partial charge in [0.05, 0.1) is 0 Å². The molecule has 1 aromatic heterocycles. The van der Waals surface area contributed by atoms with Gasteiger partial charge >= 0.3 is 0 Å². The van der Waals surface area contributed by atoms with Crippen LogP contribution in [0.2, 0.25) is 0 Å². The number of terminal acetylenes is 1. The molecule has 0 amide bonds. The SMILES string of the molecule is C#Cc1ccc(-c2ccc(-c3cccs3)cc2)cc1. The Morgan fingerprint density at radius 2 is 1.32 bits per heavy atom. The van der Waals surface area contributed by atoms with Gasteiger partial charge in [0.1, 0.15) is 0 Å². The Hall–Kier alpha value is -2.30. The molecule has 0 saturated carbocycles. The van der Waals surface area contributed by atoms with Crippen molar-refractivity contribution in [2.24, 2.45) is 0 Å². The zero-order chi connectivity index (χ0) is 13.1. The van der Waals surface area contributed by atoms with Crippen molar-refractivity contribution in [3.8, 4) is 33.9 Å². The molecule has 0 nitrogen and oxygen atoms in total. The second-order valence-electron chi connectivity index (χ2n) is 4.28. The standard InChI is InChI=1S/C18H12S/c1-2-14-5-7-15(8-6-14)16-9-11-17(12-10-16)18-4-3-13-19-18/h1,3-13H. The summed E-state index contributed by atoms with van der Waals surface area (Å²) in [6.45, 7) is 0. The summed E-state index contributed by atoms with van der Waals surface area (Å²) in [6.07, 6.45) is 5.36. The third-order valence-electron chi connectivity index (χ3n) is 3.08. The van der Waals surface area contributed by atoms with Gasteiger partial charge in [-0.25, -0.2) is 0 Å². The zero-order valence-corrected chi connectivity index (χ0v) is 11.2. The summed E-state index contributed by atoms with van der Waals surface area (Å²) in [4.78, 5) is 1.30. The molecule has 2 aromatic carbocycles. The summed E-state index contributed by atoms with van der Waals surface area (Å²) in [5, 5.41) is 2.10. The van der Waals surface area contributed by atoms with E-state index >= 15 is 0 Å². The van der Waals surface area contributed by atoms with Crippen LogP contribution in [-0.2, 0) is 0 Å². The van der Waals surface area contributed by atoms with Crippen LogP contribution in [0.15, 0.2) is 66.0 Å². The van der Waals surface area contributed by atoms with Crippen LogP contribution in [0, 0.1) is 12.3 Å². The van der Waals surface area contributed by atoms with Crippen LogP contribution in [0.4, 0.5) is 0 Å². The van der Waals surface area contributed by atoms with Crippen molar-refractivity contribution in [2.45, 2.75) is 0 Å². The molecule has 0 unspecified atom stereocenters. The predicted octanol–water partition coefficient (Wildman–Crippen LogP) is 5.06. The highest BCUT2D eigenvalue weighted by molar-refractivity contribution is 7.13. The van der Waals surface area contributed by atoms with Crippen molar-refractivity contribution in [3.05, 3.63) is 71.6 Å². The highest BCUT2D eigenvalue weighted by Gasteiger charge is 2.00. The maximum atomic E-state index is 5.36. The van der Waals surface area contributed by atoms with Crippen LogP contribution in [0.1, 0.15) is 5.56 Å². The van der Waals surface area contributed by atoms with Crippen LogP contribution in [0.5, 0.6) is 0 Å². The third kappa shape index (κ3) is 2.45. The quantitative estimate of drug-likeness (QED) is 0.565. The monoisotopic (exact) mass is 260 g/mol. The Bertz CT molecular complexity index is 696. The van der Waals surface area contributed by atoms with Gasteiger partial charge in [-0.2, -0.15) is 0 Å². The van der Waals surface area contributed by atoms with Gasteiger partial charge < -0.3 is 0 Å². The molecule has 0 aliphatic rings. The summed E-state index contributed by atoms with van der Waals surface area (Å²) in [5.41, 5.74) is 4.58. The average molecular weight is 260 g/mol. The molecule has 0 atom stereocenters. The molecule has 0 N–H and O–H groups in total. The summed E-state index contributed by atoms with van der Waals surface area (Å²) in [6, 6.07) is 20.9. The summed E-state index contributed by atoms with van der Waals surface area (Å²) in [5.74, 6) is 2.63. The third-order valence-corrected chi connectivity index (χ3v) is 3.99. The number of thiophene rings is 1. The van der Waals surface area contributed by atoms with Crippen LogP contribution in [-0.4, -0.2) is 0 Å². The van der Waals surface area contributed by atoms with E-state index in [1.807, 2.05) is 12.1 Å². The number of rotatable bonds is 2. The van der Waals surface area contributed by atoms with Crippen LogP contribution < -0.4 is 0 Å². The minimum Gasteiger partial charge on any atom is -0.144 e. The fourth-order valence-corrected chi connectivity index (χ4v) is 2.76. The lowest BCUT2D eigenvalue weighted by atomic mass is 10.0. The van der Waals surface area contributed by atoms with Crippen LogP contribution in [0.25, 0.3) is 21.6 Å². The second kappa shape index (κ2) is 5.14. The molecule has 0 radical (unpaired) electrons. The first-order valence-electron chi connectivity index (χ1n) is 6.08. The van der Waals surface area contributed by atoms with Crippen molar-refractivity contribution >= 4 is 11.3 Å². The van der Waals surface area contributed by atoms with E-state index in [1.165, 1.54) is 21.6 Å². The van der Waals surface area contributed by atoms with Crippen molar-refractivity contribution < 1.29 is 0 Å². The van der Waals surface area contributed by atoms with E-state index in [9.17, 15) is 0 Å². The Labute approximate surface area is 117 Å². The van der Waals surface area contributed by atoms with E-state index in [4.69, 9.17) is 6.42 Å². The average Bonchev–Trinajstić information content (AvgIpc) is 3.02. The molecule has 1 heterocycles. The van der Waals surface area contributed by atoms with Crippen molar-refractivity contribution in [1.29, 1.82) is 0 Å². The smallest absolute Gasteiger partial charge is 0.0342 e. The molecule has 1 heteroatoms. The largest absolute Gasteiger partial charge is 0.144 e. The minimum atomic E-state index is 0.916. The molecular formula is C18H12S. The molecule has 0 bridgehead atoms. The zero-order valence-electron chi connectivity index (χ0n) is 10.3. The van der Waals surface area contributed by atoms with Gasteiger partial charge in [-0.1, -0.05) is 48.4 Å². The highest BCUT2D eigenvalue weighted by atomic mass is 32.1. The Morgan fingerprint density at radius 1 is 0.737 bits per heavy atom. The Kier molecular flexibility index (Phi) is 3.18. The number of hydrogen-bond donors (Lipinski definition) is 0. The molecule has 0 aliphatic heterocycles. The van der Waals surface area contributed by atoms with Gasteiger partial charge in [-0.3, -0.25) is 0 Å². The molecule has 3 aromatic rings. The maximum Gasteiger partial charge on any atom is 0.0342 e. The van der Waals surface area contributed by atoms with Gasteiger partial charge in [-0.15, -0.1) is 17.8 Å². The summed E-state index contributed by atoms with van der Waals surface area (Å²) < 4.78 is 0. The molecular weight excluding hydrogens is 248 g/mol. The van der Waals surface area contributed by atoms with Gasteiger partial charge in [0.2, 0.25) is 0 Å². The first-order chi connectivity index (χ1) is 9.36. The Balaban J connectivity index is 1.92. The lowest BCUT2D eigenvalue weighted by Gasteiger charge is -2.03. The van der Waals surface area contributed by atoms with Crippen molar-refractivity contribution in [2.75, 3.05) is 0 Å². The van der Waals surface area contributed by atoms with E-state index in [-0.39, 0.29) is 0 Å². The number of hydrogen-bond acceptors (Lipinski definition) is 1. The minimum absolute atomic E-state index is 0.916. The van der Waals surface area contributed by atoms with Gasteiger partial charge in [0, 0.05) is 10.4 Å². The molecule has 19 heavy (non-hydrogen) atoms. The van der Waals surface area contributed by atoms with E-state index in [2.05, 4.69) is 59.8 Å². The molecule has 3 rings (SSSR count). The molecule has 0 aliphatic carbocycles. The van der Waals surface area contributed by atoms with E-state index in [1.54, 1.807) is 11.3 Å². The topological polar surface area (TPSA) is 0 Å².